The summed E-state index contributed by atoms with van der Waals surface area (Å²) in [5.41, 5.74) is -0.165. The summed E-state index contributed by atoms with van der Waals surface area (Å²) in [7, 11) is 0. The van der Waals surface area contributed by atoms with E-state index in [4.69, 9.17) is 9.47 Å². The highest BCUT2D eigenvalue weighted by Gasteiger charge is 2.53. The average Bonchev–Trinajstić information content (AvgIpc) is 3.04. The molecule has 0 aromatic heterocycles. The largest absolute Gasteiger partial charge is 0.444 e. The van der Waals surface area contributed by atoms with Crippen molar-refractivity contribution in [2.45, 2.75) is 123 Å². The van der Waals surface area contributed by atoms with Crippen LogP contribution in [0.2, 0.25) is 0 Å². The predicted molar refractivity (Wildman–Crippen MR) is 140 cm³/mol. The van der Waals surface area contributed by atoms with Gasteiger partial charge in [0.25, 0.3) is 0 Å². The van der Waals surface area contributed by atoms with Gasteiger partial charge in [-0.25, -0.2) is 4.79 Å². The molecule has 1 amide bonds. The van der Waals surface area contributed by atoms with Crippen molar-refractivity contribution in [2.75, 3.05) is 6.54 Å². The summed E-state index contributed by atoms with van der Waals surface area (Å²) in [5.74, 6) is 0.821. The highest BCUT2D eigenvalue weighted by molar-refractivity contribution is 5.70. The van der Waals surface area contributed by atoms with Crippen molar-refractivity contribution < 1.29 is 19.4 Å². The third-order valence-electron chi connectivity index (χ3n) is 7.29. The van der Waals surface area contributed by atoms with Gasteiger partial charge in [-0.3, -0.25) is 4.90 Å². The van der Waals surface area contributed by atoms with Gasteiger partial charge in [-0.2, -0.15) is 0 Å². The number of carbonyl (C=O) groups excluding carboxylic acids is 1. The molecule has 4 atom stereocenters. The van der Waals surface area contributed by atoms with Gasteiger partial charge < -0.3 is 19.9 Å². The van der Waals surface area contributed by atoms with Crippen LogP contribution in [0.25, 0.3) is 0 Å². The summed E-state index contributed by atoms with van der Waals surface area (Å²) in [5, 5.41) is 14.9. The lowest BCUT2D eigenvalue weighted by atomic mass is 9.82. The van der Waals surface area contributed by atoms with Crippen molar-refractivity contribution in [3.8, 4) is 0 Å². The first kappa shape index (κ1) is 27.9. The Bertz CT molecular complexity index is 786. The molecule has 2 fully saturated rings. The lowest BCUT2D eigenvalue weighted by molar-refractivity contribution is -0.106. The van der Waals surface area contributed by atoms with E-state index in [9.17, 15) is 9.90 Å². The fourth-order valence-electron chi connectivity index (χ4n) is 5.71. The number of ether oxygens (including phenoxy) is 2. The second kappa shape index (κ2) is 12.1. The molecule has 1 saturated heterocycles. The minimum atomic E-state index is -0.831. The lowest BCUT2D eigenvalue weighted by Gasteiger charge is -2.37. The van der Waals surface area contributed by atoms with E-state index in [1.54, 1.807) is 4.90 Å². The van der Waals surface area contributed by atoms with Gasteiger partial charge in [0, 0.05) is 6.54 Å². The number of nitrogens with one attached hydrogen (secondary N) is 1. The highest BCUT2D eigenvalue weighted by Crippen LogP contribution is 2.41. The standard InChI is InChI=1S/C29H48N2O4/c1-21(19-30-20-23-15-11-8-12-16-23)17-25(32)26-24(18-22-13-9-7-10-14-22)31(29(5,6)34-26)27(33)35-28(2,3)4/h8,11-12,15-16,21-22,24-26,30,32H,7,9-10,13-14,17-20H2,1-6H3/t21?,24-,25?,26+/m0/s1. The van der Waals surface area contributed by atoms with Crippen LogP contribution in [-0.4, -0.2) is 52.2 Å². The third kappa shape index (κ3) is 8.19. The first-order valence-corrected chi connectivity index (χ1v) is 13.6. The van der Waals surface area contributed by atoms with Crippen LogP contribution in [0.5, 0.6) is 0 Å². The molecule has 2 aliphatic rings. The summed E-state index contributed by atoms with van der Waals surface area (Å²) in [6.45, 7) is 13.3. The second-order valence-corrected chi connectivity index (χ2v) is 12.2. The number of carbonyl (C=O) groups is 1. The van der Waals surface area contributed by atoms with Gasteiger partial charge in [0.15, 0.2) is 0 Å². The van der Waals surface area contributed by atoms with E-state index in [0.717, 1.165) is 19.5 Å². The molecule has 1 aliphatic heterocycles. The van der Waals surface area contributed by atoms with E-state index < -0.39 is 23.5 Å². The molecule has 2 N–H and O–H groups in total. The van der Waals surface area contributed by atoms with Crippen molar-refractivity contribution >= 4 is 6.09 Å². The molecule has 6 heteroatoms. The molecule has 1 heterocycles. The van der Waals surface area contributed by atoms with Crippen molar-refractivity contribution in [2.24, 2.45) is 11.8 Å². The van der Waals surface area contributed by atoms with Gasteiger partial charge in [0.05, 0.1) is 12.1 Å². The highest BCUT2D eigenvalue weighted by atomic mass is 16.6. The zero-order valence-electron chi connectivity index (χ0n) is 22.8. The molecule has 1 aromatic rings. The Kier molecular flexibility index (Phi) is 9.64. The van der Waals surface area contributed by atoms with Gasteiger partial charge in [-0.05, 0) is 71.4 Å². The molecule has 198 valence electrons. The van der Waals surface area contributed by atoms with Crippen LogP contribution >= 0.6 is 0 Å². The van der Waals surface area contributed by atoms with E-state index in [-0.39, 0.29) is 18.1 Å². The maximum absolute atomic E-state index is 13.3. The molecule has 1 aromatic carbocycles. The van der Waals surface area contributed by atoms with E-state index in [1.807, 2.05) is 52.8 Å². The van der Waals surface area contributed by atoms with Gasteiger partial charge >= 0.3 is 6.09 Å². The maximum atomic E-state index is 13.3. The first-order chi connectivity index (χ1) is 16.5. The van der Waals surface area contributed by atoms with Crippen LogP contribution in [0.4, 0.5) is 4.79 Å². The molecule has 0 spiro atoms. The molecular formula is C29H48N2O4. The minimum absolute atomic E-state index is 0.192. The second-order valence-electron chi connectivity index (χ2n) is 12.2. The number of rotatable bonds is 9. The first-order valence-electron chi connectivity index (χ1n) is 13.6. The third-order valence-corrected chi connectivity index (χ3v) is 7.29. The molecule has 1 aliphatic carbocycles. The quantitative estimate of drug-likeness (QED) is 0.455. The van der Waals surface area contributed by atoms with E-state index in [0.29, 0.717) is 12.3 Å². The van der Waals surface area contributed by atoms with E-state index >= 15 is 0 Å². The van der Waals surface area contributed by atoms with Crippen LogP contribution in [0.1, 0.15) is 92.1 Å². The Hall–Kier alpha value is -1.63. The van der Waals surface area contributed by atoms with Crippen LogP contribution in [0.15, 0.2) is 30.3 Å². The van der Waals surface area contributed by atoms with Gasteiger partial charge in [0.1, 0.15) is 17.4 Å². The van der Waals surface area contributed by atoms with Crippen LogP contribution in [0, 0.1) is 11.8 Å². The van der Waals surface area contributed by atoms with Crippen molar-refractivity contribution in [1.82, 2.24) is 10.2 Å². The summed E-state index contributed by atoms with van der Waals surface area (Å²) < 4.78 is 12.2. The number of aliphatic hydroxyl groups excluding tert-OH is 1. The number of hydrogen-bond acceptors (Lipinski definition) is 5. The minimum Gasteiger partial charge on any atom is -0.444 e. The molecule has 6 nitrogen and oxygen atoms in total. The number of benzene rings is 1. The zero-order valence-corrected chi connectivity index (χ0v) is 22.8. The zero-order chi connectivity index (χ0) is 25.6. The molecule has 3 rings (SSSR count). The van der Waals surface area contributed by atoms with Crippen LogP contribution < -0.4 is 5.32 Å². The Balaban J connectivity index is 1.67. The topological polar surface area (TPSA) is 71.0 Å². The molecule has 0 bridgehead atoms. The summed E-state index contributed by atoms with van der Waals surface area (Å²) in [6.07, 6.45) is 6.19. The number of amides is 1. The monoisotopic (exact) mass is 488 g/mol. The predicted octanol–water partition coefficient (Wildman–Crippen LogP) is 5.87. The smallest absolute Gasteiger partial charge is 0.412 e. The SMILES string of the molecule is CC(CNCc1ccccc1)CC(O)[C@@H]1OC(C)(C)N(C(=O)OC(C)(C)C)[C@H]1CC1CCCCC1. The van der Waals surface area contributed by atoms with Crippen molar-refractivity contribution in [1.29, 1.82) is 0 Å². The summed E-state index contributed by atoms with van der Waals surface area (Å²) in [4.78, 5) is 15.1. The normalized spacial score (nSPS) is 24.8. The Morgan fingerprint density at radius 2 is 1.86 bits per heavy atom. The Morgan fingerprint density at radius 1 is 1.20 bits per heavy atom. The molecular weight excluding hydrogens is 440 g/mol. The number of aliphatic hydroxyl groups is 1. The average molecular weight is 489 g/mol. The van der Waals surface area contributed by atoms with Crippen LogP contribution in [0.3, 0.4) is 0 Å². The van der Waals surface area contributed by atoms with Crippen LogP contribution in [-0.2, 0) is 16.0 Å². The molecule has 2 unspecified atom stereocenters. The van der Waals surface area contributed by atoms with Crippen molar-refractivity contribution in [3.63, 3.8) is 0 Å². The molecule has 0 radical (unpaired) electrons. The van der Waals surface area contributed by atoms with E-state index in [2.05, 4.69) is 24.4 Å². The van der Waals surface area contributed by atoms with Gasteiger partial charge in [-0.1, -0.05) is 69.4 Å². The fourth-order valence-corrected chi connectivity index (χ4v) is 5.71. The van der Waals surface area contributed by atoms with Crippen molar-refractivity contribution in [3.05, 3.63) is 35.9 Å². The summed E-state index contributed by atoms with van der Waals surface area (Å²) >= 11 is 0. The molecule has 1 saturated carbocycles. The number of nitrogens with zero attached hydrogens (tertiary/aromatic N) is 1. The molecule has 35 heavy (non-hydrogen) atoms. The van der Waals surface area contributed by atoms with Gasteiger partial charge in [0.2, 0.25) is 0 Å². The fraction of sp³-hybridized carbons (Fsp3) is 0.759. The Labute approximate surface area is 212 Å². The van der Waals surface area contributed by atoms with Gasteiger partial charge in [-0.15, -0.1) is 0 Å². The number of hydrogen-bond donors (Lipinski definition) is 2. The Morgan fingerprint density at radius 3 is 2.49 bits per heavy atom. The lowest BCUT2D eigenvalue weighted by Crippen LogP contribution is -2.51. The maximum Gasteiger partial charge on any atom is 0.412 e. The summed E-state index contributed by atoms with van der Waals surface area (Å²) in [6, 6.07) is 10.2. The van der Waals surface area contributed by atoms with E-state index in [1.165, 1.54) is 37.7 Å².